The van der Waals surface area contributed by atoms with E-state index in [4.69, 9.17) is 0 Å². The van der Waals surface area contributed by atoms with E-state index < -0.39 is 0 Å². The summed E-state index contributed by atoms with van der Waals surface area (Å²) < 4.78 is 1.24. The van der Waals surface area contributed by atoms with Crippen LogP contribution < -0.4 is 20.9 Å². The third-order valence-electron chi connectivity index (χ3n) is 7.32. The highest BCUT2D eigenvalue weighted by Gasteiger charge is 2.13. The van der Waals surface area contributed by atoms with Crippen molar-refractivity contribution in [3.05, 3.63) is 127 Å². The Balaban J connectivity index is 2.31. The Morgan fingerprint density at radius 3 is 2.00 bits per heavy atom. The number of rotatable bonds is 8. The molecule has 3 aromatic rings. The molecule has 0 bridgehead atoms. The Hall–Kier alpha value is -3.94. The van der Waals surface area contributed by atoms with E-state index in [2.05, 4.69) is 140 Å². The van der Waals surface area contributed by atoms with Gasteiger partial charge >= 0.3 is 0 Å². The van der Waals surface area contributed by atoms with Crippen LogP contribution in [0.15, 0.2) is 79.5 Å². The maximum absolute atomic E-state index is 4.55. The second-order valence-corrected chi connectivity index (χ2v) is 10.6. The summed E-state index contributed by atoms with van der Waals surface area (Å²) in [6.45, 7) is 27.6. The second kappa shape index (κ2) is 13.9. The molecule has 3 rings (SSSR count). The van der Waals surface area contributed by atoms with Crippen LogP contribution >= 0.6 is 11.3 Å². The molecule has 0 unspecified atom stereocenters. The molecule has 40 heavy (non-hydrogen) atoms. The predicted octanol–water partition coefficient (Wildman–Crippen LogP) is 8.87. The maximum atomic E-state index is 4.55. The van der Waals surface area contributed by atoms with E-state index in [0.29, 0.717) is 0 Å². The molecule has 0 aliphatic carbocycles. The van der Waals surface area contributed by atoms with Crippen molar-refractivity contribution in [1.82, 2.24) is 0 Å². The quantitative estimate of drug-likeness (QED) is 0.249. The second-order valence-electron chi connectivity index (χ2n) is 9.54. The van der Waals surface area contributed by atoms with Gasteiger partial charge in [-0.1, -0.05) is 92.6 Å². The summed E-state index contributed by atoms with van der Waals surface area (Å²) in [5.74, 6) is 0. The number of hydrogen-bond acceptors (Lipinski definition) is 1. The van der Waals surface area contributed by atoms with Crippen molar-refractivity contribution in [1.29, 1.82) is 0 Å². The third-order valence-corrected chi connectivity index (χ3v) is 8.54. The number of benzene rings is 2. The molecule has 0 spiro atoms. The van der Waals surface area contributed by atoms with Gasteiger partial charge in [-0.05, 0) is 127 Å². The average Bonchev–Trinajstić information content (AvgIpc) is 3.32. The molecular weight excluding hydrogens is 500 g/mol. The Labute approximate surface area is 244 Å². The van der Waals surface area contributed by atoms with Crippen molar-refractivity contribution in [3.63, 3.8) is 0 Å². The zero-order chi connectivity index (χ0) is 29.4. The van der Waals surface area contributed by atoms with Gasteiger partial charge in [0.1, 0.15) is 0 Å². The molecule has 0 aliphatic heterocycles. The highest BCUT2D eigenvalue weighted by atomic mass is 32.1. The van der Waals surface area contributed by atoms with Crippen molar-refractivity contribution in [2.24, 2.45) is 0 Å². The van der Waals surface area contributed by atoms with Gasteiger partial charge in [-0.3, -0.25) is 0 Å². The number of hydrogen-bond donors (Lipinski definition) is 0. The van der Waals surface area contributed by atoms with E-state index in [1.807, 2.05) is 19.1 Å². The Kier molecular flexibility index (Phi) is 10.6. The van der Waals surface area contributed by atoms with Crippen LogP contribution in [-0.4, -0.2) is 0 Å². The first-order chi connectivity index (χ1) is 19.3. The van der Waals surface area contributed by atoms with Crippen LogP contribution in [-0.2, 0) is 0 Å². The first kappa shape index (κ1) is 30.6. The molecule has 0 radical (unpaired) electrons. The van der Waals surface area contributed by atoms with Gasteiger partial charge in [-0.25, -0.2) is 0 Å². The van der Waals surface area contributed by atoms with Gasteiger partial charge in [0.15, 0.2) is 0 Å². The molecule has 0 N–H and O–H groups in total. The Morgan fingerprint density at radius 1 is 0.800 bits per heavy atom. The lowest BCUT2D eigenvalue weighted by Gasteiger charge is -2.11. The zero-order valence-corrected chi connectivity index (χ0v) is 26.0. The first-order valence-electron chi connectivity index (χ1n) is 13.9. The summed E-state index contributed by atoms with van der Waals surface area (Å²) in [7, 11) is 0. The van der Waals surface area contributed by atoms with Crippen LogP contribution in [0.25, 0.3) is 58.2 Å². The topological polar surface area (TPSA) is 0 Å². The molecule has 1 heterocycles. The van der Waals surface area contributed by atoms with Crippen molar-refractivity contribution in [2.45, 2.75) is 48.5 Å². The molecule has 2 aromatic carbocycles. The van der Waals surface area contributed by atoms with E-state index in [-0.39, 0.29) is 0 Å². The molecule has 0 saturated heterocycles. The lowest BCUT2D eigenvalue weighted by Crippen LogP contribution is -2.50. The van der Waals surface area contributed by atoms with Crippen molar-refractivity contribution in [3.8, 4) is 0 Å². The van der Waals surface area contributed by atoms with Gasteiger partial charge in [-0.15, -0.1) is 11.3 Å². The van der Waals surface area contributed by atoms with Gasteiger partial charge in [0, 0.05) is 15.0 Å². The summed E-state index contributed by atoms with van der Waals surface area (Å²) >= 11 is 1.80. The van der Waals surface area contributed by atoms with Crippen LogP contribution in [0.1, 0.15) is 68.7 Å². The van der Waals surface area contributed by atoms with Crippen LogP contribution in [0.3, 0.4) is 0 Å². The van der Waals surface area contributed by atoms with E-state index in [1.165, 1.54) is 58.1 Å². The monoisotopic (exact) mass is 542 g/mol. The highest BCUT2D eigenvalue weighted by Crippen LogP contribution is 2.38. The van der Waals surface area contributed by atoms with Gasteiger partial charge in [0.05, 0.1) is 0 Å². The zero-order valence-electron chi connectivity index (χ0n) is 25.2. The summed E-state index contributed by atoms with van der Waals surface area (Å²) in [4.78, 5) is 1.22. The normalized spacial score (nSPS) is 14.9. The summed E-state index contributed by atoms with van der Waals surface area (Å²) in [6.07, 6.45) is 25.7. The Bertz CT molecular complexity index is 1840. The van der Waals surface area contributed by atoms with E-state index >= 15 is 0 Å². The van der Waals surface area contributed by atoms with Gasteiger partial charge < -0.3 is 0 Å². The minimum Gasteiger partial charge on any atom is -0.135 e. The lowest BCUT2D eigenvalue weighted by molar-refractivity contribution is 1.27. The summed E-state index contributed by atoms with van der Waals surface area (Å²) in [5.41, 5.74) is 7.96. The predicted molar refractivity (Wildman–Crippen MR) is 187 cm³/mol. The van der Waals surface area contributed by atoms with E-state index in [9.17, 15) is 0 Å². The maximum Gasteiger partial charge on any atom is 0.0433 e. The fourth-order valence-electron chi connectivity index (χ4n) is 5.42. The minimum absolute atomic E-state index is 0.963. The number of thiophene rings is 1. The van der Waals surface area contributed by atoms with Crippen LogP contribution in [0.4, 0.5) is 0 Å². The molecule has 1 aromatic heterocycles. The molecule has 0 atom stereocenters. The summed E-state index contributed by atoms with van der Waals surface area (Å²) in [5, 5.41) is 6.19. The standard InChI is InChI=1S/C39H42S/c1-11-20-34-27(10)30(15-5)31(16-6)32(17-7)37(34)24-26(9)28(13-3)25-29(14-4)35-22-19-23-36-33(18-8)38(21-12-2)40-39(35)36/h11-25H,4,8-9H2,1-3,5-7,10H3/b20-11-,21-12-,28-13+,29-25+,30-15-,31-16+,32-17?,37-24?. The van der Waals surface area contributed by atoms with E-state index in [1.54, 1.807) is 11.3 Å². The first-order valence-corrected chi connectivity index (χ1v) is 14.7. The van der Waals surface area contributed by atoms with Crippen LogP contribution in [0.2, 0.25) is 0 Å². The average molecular weight is 543 g/mol. The largest absolute Gasteiger partial charge is 0.135 e. The fraction of sp³-hybridized carbons (Fsp3) is 0.179. The molecule has 0 aliphatic rings. The molecule has 0 nitrogen and oxygen atoms in total. The lowest BCUT2D eigenvalue weighted by atomic mass is 9.94. The van der Waals surface area contributed by atoms with Gasteiger partial charge in [0.25, 0.3) is 0 Å². The minimum atomic E-state index is 0.963. The molecule has 0 saturated carbocycles. The molecule has 0 fully saturated rings. The molecule has 0 amide bonds. The van der Waals surface area contributed by atoms with Crippen LogP contribution in [0.5, 0.6) is 0 Å². The van der Waals surface area contributed by atoms with Crippen molar-refractivity contribution >= 4 is 69.5 Å². The van der Waals surface area contributed by atoms with Gasteiger partial charge in [-0.2, -0.15) is 0 Å². The smallest absolute Gasteiger partial charge is 0.0433 e. The Morgan fingerprint density at radius 2 is 1.45 bits per heavy atom. The van der Waals surface area contributed by atoms with Gasteiger partial charge in [0.2, 0.25) is 0 Å². The molecule has 1 heteroatoms. The number of fused-ring (bicyclic) bond motifs is 1. The fourth-order valence-corrected chi connectivity index (χ4v) is 6.73. The van der Waals surface area contributed by atoms with Crippen molar-refractivity contribution in [2.75, 3.05) is 0 Å². The number of allylic oxidation sites excluding steroid dienone is 8. The van der Waals surface area contributed by atoms with Crippen molar-refractivity contribution < 1.29 is 0 Å². The highest BCUT2D eigenvalue weighted by molar-refractivity contribution is 7.20. The third kappa shape index (κ3) is 5.81. The molecular formula is C39H42S. The van der Waals surface area contributed by atoms with Crippen LogP contribution in [0, 0.1) is 6.92 Å². The SMILES string of the molecule is C=C/C(=C\C(=C/C)C(=C)C=c1c(/C=C\C)c(C)c(=C/C)/c(=C\C)c1=CC)c1cccc2c(C=C)c(/C=C\C)sc12. The summed E-state index contributed by atoms with van der Waals surface area (Å²) in [6, 6.07) is 6.48. The molecule has 204 valence electrons. The van der Waals surface area contributed by atoms with E-state index in [0.717, 1.165) is 16.7 Å².